The summed E-state index contributed by atoms with van der Waals surface area (Å²) in [6.45, 7) is 0. The Hall–Kier alpha value is -4.43. The maximum Gasteiger partial charge on any atom is 0.573 e. The summed E-state index contributed by atoms with van der Waals surface area (Å²) in [6.07, 6.45) is -2.85. The molecule has 3 aliphatic carbocycles. The molecule has 6 N–H and O–H groups in total. The number of aromatic hydroxyl groups is 1. The van der Waals surface area contributed by atoms with Crippen LogP contribution in [-0.2, 0) is 14.4 Å². The first-order valence-electron chi connectivity index (χ1n) is 12.3. The van der Waals surface area contributed by atoms with Gasteiger partial charge in [0.15, 0.2) is 11.4 Å². The molecule has 1 fully saturated rings. The Morgan fingerprint density at radius 3 is 2.32 bits per heavy atom. The molecule has 216 valence electrons. The Morgan fingerprint density at radius 2 is 1.76 bits per heavy atom. The molecule has 41 heavy (non-hydrogen) atoms. The quantitative estimate of drug-likeness (QED) is 0.337. The van der Waals surface area contributed by atoms with Gasteiger partial charge >= 0.3 is 6.36 Å². The second-order valence-electron chi connectivity index (χ2n) is 10.4. The second kappa shape index (κ2) is 9.31. The monoisotopic (exact) mass is 575 g/mol. The van der Waals surface area contributed by atoms with E-state index in [1.54, 1.807) is 0 Å². The Kier molecular flexibility index (Phi) is 6.38. The minimum atomic E-state index is -4.94. The Morgan fingerprint density at radius 1 is 1.12 bits per heavy atom. The minimum Gasteiger partial charge on any atom is -0.508 e. The Bertz CT molecular complexity index is 1550. The number of carbonyl (C=O) groups excluding carboxylic acids is 3. The zero-order valence-corrected chi connectivity index (χ0v) is 21.5. The first kappa shape index (κ1) is 28.1. The summed E-state index contributed by atoms with van der Waals surface area (Å²) in [6, 6.07) is 3.42. The summed E-state index contributed by atoms with van der Waals surface area (Å²) < 4.78 is 42.2. The number of carbonyl (C=O) groups is 3. The van der Waals surface area contributed by atoms with Gasteiger partial charge in [-0.3, -0.25) is 24.3 Å². The van der Waals surface area contributed by atoms with Crippen molar-refractivity contribution in [2.75, 3.05) is 14.1 Å². The molecule has 2 aromatic rings. The summed E-state index contributed by atoms with van der Waals surface area (Å²) in [5.74, 6) is -9.80. The van der Waals surface area contributed by atoms with E-state index in [1.807, 2.05) is 0 Å². The molecule has 11 nitrogen and oxygen atoms in total. The van der Waals surface area contributed by atoms with Crippen LogP contribution in [0.3, 0.4) is 0 Å². The van der Waals surface area contributed by atoms with Gasteiger partial charge in [0.25, 0.3) is 5.91 Å². The van der Waals surface area contributed by atoms with Crippen molar-refractivity contribution in [2.45, 2.75) is 30.3 Å². The number of primary amides is 1. The number of nitrogens with zero attached hydrogens (tertiary/aromatic N) is 2. The lowest BCUT2D eigenvalue weighted by Crippen LogP contribution is -2.66. The lowest BCUT2D eigenvalue weighted by atomic mass is 9.55. The van der Waals surface area contributed by atoms with Crippen LogP contribution in [0.1, 0.15) is 29.0 Å². The predicted octanol–water partition coefficient (Wildman–Crippen LogP) is 1.85. The molecule has 0 saturated heterocycles. The van der Waals surface area contributed by atoms with Crippen molar-refractivity contribution in [3.8, 4) is 11.5 Å². The van der Waals surface area contributed by atoms with Crippen LogP contribution < -0.4 is 10.5 Å². The fraction of sp³-hybridized carbons (Fsp3) is 0.333. The molecule has 1 saturated carbocycles. The van der Waals surface area contributed by atoms with E-state index in [9.17, 15) is 48.0 Å². The van der Waals surface area contributed by atoms with Crippen molar-refractivity contribution in [1.29, 1.82) is 0 Å². The zero-order chi connectivity index (χ0) is 30.2. The largest absolute Gasteiger partial charge is 0.573 e. The number of amides is 1. The number of aliphatic hydroxyl groups excluding tert-OH is 2. The van der Waals surface area contributed by atoms with Crippen LogP contribution in [0.15, 0.2) is 53.6 Å². The van der Waals surface area contributed by atoms with Crippen LogP contribution in [0.4, 0.5) is 13.2 Å². The van der Waals surface area contributed by atoms with Gasteiger partial charge < -0.3 is 30.9 Å². The first-order valence-corrected chi connectivity index (χ1v) is 12.3. The Balaban J connectivity index is 1.74. The summed E-state index contributed by atoms with van der Waals surface area (Å²) in [4.78, 5) is 44.9. The molecule has 0 bridgehead atoms. The number of pyridine rings is 1. The van der Waals surface area contributed by atoms with E-state index < -0.39 is 87.4 Å². The average molecular weight is 575 g/mol. The molecule has 1 aromatic carbocycles. The van der Waals surface area contributed by atoms with Gasteiger partial charge in [0.1, 0.15) is 28.6 Å². The van der Waals surface area contributed by atoms with Gasteiger partial charge in [0, 0.05) is 29.5 Å². The third-order valence-corrected chi connectivity index (χ3v) is 7.96. The molecule has 1 heterocycles. The van der Waals surface area contributed by atoms with E-state index in [0.717, 1.165) is 18.3 Å². The van der Waals surface area contributed by atoms with Crippen LogP contribution >= 0.6 is 0 Å². The molecule has 3 aliphatic rings. The summed E-state index contributed by atoms with van der Waals surface area (Å²) in [5.41, 5.74) is 1.46. The molecule has 0 spiro atoms. The van der Waals surface area contributed by atoms with Crippen LogP contribution in [-0.4, -0.2) is 79.9 Å². The third kappa shape index (κ3) is 4.13. The number of ether oxygens (including phenoxy) is 1. The van der Waals surface area contributed by atoms with Gasteiger partial charge in [-0.15, -0.1) is 13.2 Å². The van der Waals surface area contributed by atoms with Crippen LogP contribution in [0.2, 0.25) is 0 Å². The molecule has 1 amide bonds. The highest BCUT2D eigenvalue weighted by atomic mass is 19.4. The van der Waals surface area contributed by atoms with E-state index in [4.69, 9.17) is 5.73 Å². The maximum absolute atomic E-state index is 14.1. The van der Waals surface area contributed by atoms with E-state index in [2.05, 4.69) is 9.72 Å². The van der Waals surface area contributed by atoms with Gasteiger partial charge in [-0.05, 0) is 43.8 Å². The van der Waals surface area contributed by atoms with Crippen molar-refractivity contribution in [2.24, 2.45) is 17.6 Å². The number of halogens is 3. The first-order chi connectivity index (χ1) is 19.1. The number of aromatic nitrogens is 1. The van der Waals surface area contributed by atoms with Gasteiger partial charge in [-0.1, -0.05) is 12.1 Å². The number of Topliss-reactive ketones (excluding diaryl/α,β-unsaturated/α-hetero) is 2. The third-order valence-electron chi connectivity index (χ3n) is 7.96. The smallest absolute Gasteiger partial charge is 0.508 e. The van der Waals surface area contributed by atoms with E-state index in [0.29, 0.717) is 5.56 Å². The van der Waals surface area contributed by atoms with Crippen molar-refractivity contribution in [3.05, 3.63) is 70.3 Å². The highest BCUT2D eigenvalue weighted by Gasteiger charge is 2.65. The second-order valence-corrected chi connectivity index (χ2v) is 10.4. The normalized spacial score (nSPS) is 27.9. The fourth-order valence-electron chi connectivity index (χ4n) is 6.40. The van der Waals surface area contributed by atoms with Crippen molar-refractivity contribution in [1.82, 2.24) is 9.88 Å². The summed E-state index contributed by atoms with van der Waals surface area (Å²) >= 11 is 0. The number of likely N-dealkylation sites (N-methyl/N-ethyl adjacent to an activating group) is 1. The average Bonchev–Trinajstić information content (AvgIpc) is 2.86. The number of rotatable bonds is 4. The molecule has 0 aliphatic heterocycles. The Labute approximate surface area is 230 Å². The number of hydrogen-bond donors (Lipinski definition) is 5. The number of fused-ring (bicyclic) bond motifs is 3. The van der Waals surface area contributed by atoms with E-state index >= 15 is 0 Å². The lowest BCUT2D eigenvalue weighted by Gasteiger charge is -2.51. The van der Waals surface area contributed by atoms with Crippen LogP contribution in [0, 0.1) is 11.8 Å². The van der Waals surface area contributed by atoms with E-state index in [-0.39, 0.29) is 17.5 Å². The van der Waals surface area contributed by atoms with Gasteiger partial charge in [0.2, 0.25) is 5.78 Å². The molecule has 0 radical (unpaired) electrons. The summed E-state index contributed by atoms with van der Waals surface area (Å²) in [5, 5.41) is 44.6. The SMILES string of the molecule is CN(C)[C@@H]1C(=O)C(C(N)=O)=C(O)[C@@]2(O)C(=O)C3=C(O)c4c(O)cncc4[C@H](c4ccc(OC(F)(F)F)cc4)[C@H]3C[C@@H]12. The number of hydrogen-bond acceptors (Lipinski definition) is 10. The van der Waals surface area contributed by atoms with Gasteiger partial charge in [-0.2, -0.15) is 0 Å². The lowest BCUT2D eigenvalue weighted by molar-refractivity contribution is -0.274. The molecule has 0 unspecified atom stereocenters. The summed E-state index contributed by atoms with van der Waals surface area (Å²) in [7, 11) is 2.93. The van der Waals surface area contributed by atoms with Crippen molar-refractivity contribution >= 4 is 23.2 Å². The van der Waals surface area contributed by atoms with Crippen LogP contribution in [0.25, 0.3) is 5.76 Å². The standard InChI is InChI=1S/C27H24F3N3O8/c1-33(2)20-14-7-12-16(10-3-5-11(6-4-10)41-27(28,29)30)13-8-32-9-15(34)17(13)21(35)18(12)23(37)26(14,40)24(38)19(22(20)36)25(31)39/h3-6,8-9,12,14,16,20,34-35,38,40H,7H2,1-2H3,(H2,31,39)/t12-,14+,16-,20+,26+/m1/s1. The maximum atomic E-state index is 14.1. The molecular weight excluding hydrogens is 551 g/mol. The molecule has 1 aromatic heterocycles. The number of ketones is 2. The van der Waals surface area contributed by atoms with E-state index in [1.165, 1.54) is 37.3 Å². The van der Waals surface area contributed by atoms with Gasteiger partial charge in [-0.25, -0.2) is 0 Å². The topological polar surface area (TPSA) is 184 Å². The number of alkyl halides is 3. The predicted molar refractivity (Wildman–Crippen MR) is 133 cm³/mol. The molecule has 5 rings (SSSR count). The molecular formula is C27H24F3N3O8. The molecule has 14 heteroatoms. The van der Waals surface area contributed by atoms with Crippen molar-refractivity contribution < 1.29 is 52.7 Å². The zero-order valence-electron chi connectivity index (χ0n) is 21.5. The minimum absolute atomic E-state index is 0.211. The van der Waals surface area contributed by atoms with Gasteiger partial charge in [0.05, 0.1) is 17.8 Å². The number of nitrogens with two attached hydrogens (primary N) is 1. The fourth-order valence-corrected chi connectivity index (χ4v) is 6.40. The highest BCUT2D eigenvalue weighted by Crippen LogP contribution is 2.57. The van der Waals surface area contributed by atoms with Crippen LogP contribution in [0.5, 0.6) is 11.5 Å². The highest BCUT2D eigenvalue weighted by molar-refractivity contribution is 6.24. The number of benzene rings is 1. The molecule has 5 atom stereocenters. The van der Waals surface area contributed by atoms with Crippen molar-refractivity contribution in [3.63, 3.8) is 0 Å². The number of aliphatic hydroxyl groups is 3.